The summed E-state index contributed by atoms with van der Waals surface area (Å²) < 4.78 is 19.6. The van der Waals surface area contributed by atoms with Gasteiger partial charge >= 0.3 is 5.97 Å². The van der Waals surface area contributed by atoms with Gasteiger partial charge in [0.15, 0.2) is 12.4 Å². The number of carbonyl (C=O) groups is 1. The van der Waals surface area contributed by atoms with Gasteiger partial charge in [0.05, 0.1) is 0 Å². The Balaban J connectivity index is 1.76. The Morgan fingerprint density at radius 2 is 2.12 bits per heavy atom. The van der Waals surface area contributed by atoms with Gasteiger partial charge in [-0.3, -0.25) is 0 Å². The first-order valence-corrected chi connectivity index (χ1v) is 7.78. The van der Waals surface area contributed by atoms with Crippen molar-refractivity contribution in [1.82, 2.24) is 15.0 Å². The number of esters is 1. The van der Waals surface area contributed by atoms with Gasteiger partial charge in [0.1, 0.15) is 10.7 Å². The van der Waals surface area contributed by atoms with E-state index in [1.807, 2.05) is 0 Å². The Morgan fingerprint density at radius 3 is 2.83 bits per heavy atom. The average Bonchev–Trinajstić information content (AvgIpc) is 2.98. The maximum atomic E-state index is 13.7. The van der Waals surface area contributed by atoms with E-state index >= 15 is 0 Å². The fraction of sp³-hybridized carbons (Fsp3) is 0.200. The summed E-state index contributed by atoms with van der Waals surface area (Å²) >= 11 is 1.17. The van der Waals surface area contributed by atoms with Crippen molar-refractivity contribution in [2.24, 2.45) is 0 Å². The van der Waals surface area contributed by atoms with Crippen LogP contribution in [0.3, 0.4) is 0 Å². The summed E-state index contributed by atoms with van der Waals surface area (Å²) in [5.74, 6) is -0.280. The molecule has 2 aromatic heterocycles. The molecule has 0 radical (unpaired) electrons. The van der Waals surface area contributed by atoms with Crippen LogP contribution in [0.1, 0.15) is 15.5 Å². The minimum absolute atomic E-state index is 0.0451. The maximum absolute atomic E-state index is 13.7. The zero-order chi connectivity index (χ0) is 17.3. The summed E-state index contributed by atoms with van der Waals surface area (Å²) in [6.07, 6.45) is 0. The molecule has 0 spiro atoms. The molecule has 7 nitrogen and oxygen atoms in total. The van der Waals surface area contributed by atoms with Crippen molar-refractivity contribution in [1.29, 1.82) is 0 Å². The molecular weight excluding hydrogens is 333 g/mol. The predicted octanol–water partition coefficient (Wildman–Crippen LogP) is 2.23. The highest BCUT2D eigenvalue weighted by atomic mass is 32.1. The van der Waals surface area contributed by atoms with Gasteiger partial charge in [-0.05, 0) is 18.2 Å². The van der Waals surface area contributed by atoms with Gasteiger partial charge < -0.3 is 15.4 Å². The molecule has 0 amide bonds. The monoisotopic (exact) mass is 347 g/mol. The van der Waals surface area contributed by atoms with Gasteiger partial charge in [0.2, 0.25) is 11.9 Å². The lowest BCUT2D eigenvalue weighted by atomic mass is 10.2. The summed E-state index contributed by atoms with van der Waals surface area (Å²) in [5.41, 5.74) is 5.61. The largest absolute Gasteiger partial charge is 0.453 e. The number of rotatable bonds is 4. The summed E-state index contributed by atoms with van der Waals surface area (Å²) in [6, 6.07) is 6.17. The highest BCUT2D eigenvalue weighted by Crippen LogP contribution is 2.28. The number of hydrogen-bond acceptors (Lipinski definition) is 8. The SMILES string of the molecule is CN(C)c1nc(N)nc(COC(=O)c2cc3c(F)cccc3s2)n1. The molecule has 2 N–H and O–H groups in total. The molecule has 0 atom stereocenters. The number of ether oxygens (including phenoxy) is 1. The molecule has 3 rings (SSSR count). The van der Waals surface area contributed by atoms with Crippen LogP contribution in [0.25, 0.3) is 10.1 Å². The average molecular weight is 347 g/mol. The third kappa shape index (κ3) is 3.25. The number of anilines is 2. The Hall–Kier alpha value is -2.81. The van der Waals surface area contributed by atoms with E-state index < -0.39 is 5.97 Å². The van der Waals surface area contributed by atoms with Crippen molar-refractivity contribution in [2.45, 2.75) is 6.61 Å². The number of hydrogen-bond donors (Lipinski definition) is 1. The number of nitrogen functional groups attached to an aromatic ring is 1. The standard InChI is InChI=1S/C15H14FN5O2S/c1-21(2)15-19-12(18-14(17)20-15)7-23-13(22)11-6-8-9(16)4-3-5-10(8)24-11/h3-6H,7H2,1-2H3,(H2,17,18,19,20). The first-order valence-electron chi connectivity index (χ1n) is 6.97. The van der Waals surface area contributed by atoms with Crippen LogP contribution < -0.4 is 10.6 Å². The molecule has 0 aliphatic carbocycles. The van der Waals surface area contributed by atoms with Crippen molar-refractivity contribution >= 4 is 39.3 Å². The molecule has 0 aliphatic heterocycles. The predicted molar refractivity (Wildman–Crippen MR) is 89.5 cm³/mol. The van der Waals surface area contributed by atoms with Crippen LogP contribution in [-0.2, 0) is 11.3 Å². The third-order valence-electron chi connectivity index (χ3n) is 3.13. The third-order valence-corrected chi connectivity index (χ3v) is 4.21. The molecule has 0 saturated heterocycles. The number of aromatic nitrogens is 3. The van der Waals surface area contributed by atoms with E-state index in [1.165, 1.54) is 23.5 Å². The topological polar surface area (TPSA) is 94.2 Å². The Labute approximate surface area is 140 Å². The second-order valence-electron chi connectivity index (χ2n) is 5.14. The quantitative estimate of drug-likeness (QED) is 0.723. The van der Waals surface area contributed by atoms with Gasteiger partial charge in [-0.15, -0.1) is 11.3 Å². The highest BCUT2D eigenvalue weighted by molar-refractivity contribution is 7.20. The van der Waals surface area contributed by atoms with E-state index in [9.17, 15) is 9.18 Å². The normalized spacial score (nSPS) is 10.8. The highest BCUT2D eigenvalue weighted by Gasteiger charge is 2.15. The number of nitrogens with two attached hydrogens (primary N) is 1. The summed E-state index contributed by atoms with van der Waals surface area (Å²) in [4.78, 5) is 26.2. The van der Waals surface area contributed by atoms with Crippen LogP contribution in [0.2, 0.25) is 0 Å². The summed E-state index contributed by atoms with van der Waals surface area (Å²) in [6.45, 7) is -0.150. The number of carbonyl (C=O) groups excluding carboxylic acids is 1. The lowest BCUT2D eigenvalue weighted by Gasteiger charge is -2.11. The number of benzene rings is 1. The van der Waals surface area contributed by atoms with E-state index in [0.29, 0.717) is 20.9 Å². The van der Waals surface area contributed by atoms with Gasteiger partial charge in [-0.2, -0.15) is 15.0 Å². The number of thiophene rings is 1. The van der Waals surface area contributed by atoms with E-state index in [-0.39, 0.29) is 24.2 Å². The van der Waals surface area contributed by atoms with E-state index in [0.717, 1.165) is 0 Å². The van der Waals surface area contributed by atoms with Gasteiger partial charge in [0.25, 0.3) is 0 Å². The Morgan fingerprint density at radius 1 is 1.33 bits per heavy atom. The molecule has 0 saturated carbocycles. The maximum Gasteiger partial charge on any atom is 0.348 e. The zero-order valence-corrected chi connectivity index (χ0v) is 13.8. The van der Waals surface area contributed by atoms with Crippen molar-refractivity contribution < 1.29 is 13.9 Å². The molecule has 0 bridgehead atoms. The van der Waals surface area contributed by atoms with Crippen LogP contribution in [0.4, 0.5) is 16.3 Å². The first-order chi connectivity index (χ1) is 11.4. The molecule has 3 aromatic rings. The lowest BCUT2D eigenvalue weighted by Crippen LogP contribution is -2.17. The molecule has 0 fully saturated rings. The molecule has 2 heterocycles. The molecule has 124 valence electrons. The summed E-state index contributed by atoms with van der Waals surface area (Å²) in [5, 5.41) is 0.397. The minimum atomic E-state index is -0.569. The van der Waals surface area contributed by atoms with Crippen molar-refractivity contribution in [3.05, 3.63) is 40.8 Å². The molecule has 1 aromatic carbocycles. The van der Waals surface area contributed by atoms with Gasteiger partial charge in [0, 0.05) is 24.2 Å². The van der Waals surface area contributed by atoms with Gasteiger partial charge in [-0.25, -0.2) is 9.18 Å². The van der Waals surface area contributed by atoms with Crippen LogP contribution in [0.15, 0.2) is 24.3 Å². The minimum Gasteiger partial charge on any atom is -0.453 e. The number of nitrogens with zero attached hydrogens (tertiary/aromatic N) is 4. The Kier molecular flexibility index (Phi) is 4.26. The number of halogens is 1. The van der Waals surface area contributed by atoms with Crippen LogP contribution in [0.5, 0.6) is 0 Å². The van der Waals surface area contributed by atoms with Crippen molar-refractivity contribution in [3.8, 4) is 0 Å². The zero-order valence-electron chi connectivity index (χ0n) is 13.0. The molecule has 0 unspecified atom stereocenters. The van der Waals surface area contributed by atoms with Crippen molar-refractivity contribution in [3.63, 3.8) is 0 Å². The second kappa shape index (κ2) is 6.36. The first kappa shape index (κ1) is 16.1. The number of fused-ring (bicyclic) bond motifs is 1. The van der Waals surface area contributed by atoms with Crippen LogP contribution in [0, 0.1) is 5.82 Å². The molecule has 9 heteroatoms. The van der Waals surface area contributed by atoms with E-state index in [2.05, 4.69) is 15.0 Å². The fourth-order valence-corrected chi connectivity index (χ4v) is 2.99. The van der Waals surface area contributed by atoms with Crippen LogP contribution >= 0.6 is 11.3 Å². The molecular formula is C15H14FN5O2S. The molecule has 24 heavy (non-hydrogen) atoms. The second-order valence-corrected chi connectivity index (χ2v) is 6.23. The van der Waals surface area contributed by atoms with Crippen LogP contribution in [-0.4, -0.2) is 35.0 Å². The van der Waals surface area contributed by atoms with Crippen molar-refractivity contribution in [2.75, 3.05) is 24.7 Å². The Bertz CT molecular complexity index is 912. The molecule has 0 aliphatic rings. The van der Waals surface area contributed by atoms with E-state index in [1.54, 1.807) is 31.1 Å². The smallest absolute Gasteiger partial charge is 0.348 e. The fourth-order valence-electron chi connectivity index (χ4n) is 2.02. The van der Waals surface area contributed by atoms with Gasteiger partial charge in [-0.1, -0.05) is 6.07 Å². The summed E-state index contributed by atoms with van der Waals surface area (Å²) in [7, 11) is 3.52. The van der Waals surface area contributed by atoms with E-state index in [4.69, 9.17) is 10.5 Å². The lowest BCUT2D eigenvalue weighted by molar-refractivity contribution is 0.0468.